The molecule has 11 heteroatoms. The molecule has 1 amide bonds. The molecule has 1 atom stereocenters. The number of hydrogen-bond donors (Lipinski definition) is 0. The number of anilines is 2. The molecule has 0 N–H and O–H groups in total. The van der Waals surface area contributed by atoms with Crippen LogP contribution >= 0.6 is 0 Å². The SMILES string of the molecule is CS(=O)(=O)C1CCCN(c2ccccc2C(=O)N2CCN(c3ccc(C(F)(F)F)c(F)c3)CC2)C1. The van der Waals surface area contributed by atoms with E-state index in [1.807, 2.05) is 17.0 Å². The molecule has 0 aromatic heterocycles. The van der Waals surface area contributed by atoms with Gasteiger partial charge in [-0.25, -0.2) is 12.8 Å². The number of amides is 1. The molecule has 35 heavy (non-hydrogen) atoms. The quantitative estimate of drug-likeness (QED) is 0.582. The Morgan fingerprint density at radius 2 is 1.66 bits per heavy atom. The molecule has 2 saturated heterocycles. The summed E-state index contributed by atoms with van der Waals surface area (Å²) in [5, 5.41) is -0.480. The van der Waals surface area contributed by atoms with Crippen molar-refractivity contribution in [1.82, 2.24) is 4.90 Å². The summed E-state index contributed by atoms with van der Waals surface area (Å²) in [4.78, 5) is 18.7. The van der Waals surface area contributed by atoms with E-state index in [-0.39, 0.29) is 5.91 Å². The molecular formula is C24H27F4N3O3S. The van der Waals surface area contributed by atoms with Gasteiger partial charge in [0.2, 0.25) is 0 Å². The van der Waals surface area contributed by atoms with Gasteiger partial charge >= 0.3 is 6.18 Å². The fourth-order valence-electron chi connectivity index (χ4n) is 4.71. The first-order chi connectivity index (χ1) is 16.4. The zero-order valence-corrected chi connectivity index (χ0v) is 20.1. The Bertz CT molecular complexity index is 1190. The molecule has 2 aromatic carbocycles. The minimum Gasteiger partial charge on any atom is -0.370 e. The molecule has 0 bridgehead atoms. The van der Waals surface area contributed by atoms with Crippen LogP contribution < -0.4 is 9.80 Å². The Balaban J connectivity index is 1.46. The number of nitrogens with zero attached hydrogens (tertiary/aromatic N) is 3. The van der Waals surface area contributed by atoms with Crippen LogP contribution in [0.5, 0.6) is 0 Å². The van der Waals surface area contributed by atoms with E-state index in [4.69, 9.17) is 0 Å². The van der Waals surface area contributed by atoms with Crippen LogP contribution in [0, 0.1) is 5.82 Å². The van der Waals surface area contributed by atoms with E-state index in [2.05, 4.69) is 0 Å². The molecule has 2 aliphatic rings. The summed E-state index contributed by atoms with van der Waals surface area (Å²) in [6, 6.07) is 9.97. The first-order valence-electron chi connectivity index (χ1n) is 11.4. The number of alkyl halides is 3. The monoisotopic (exact) mass is 513 g/mol. The van der Waals surface area contributed by atoms with Gasteiger partial charge in [-0.05, 0) is 43.2 Å². The van der Waals surface area contributed by atoms with Crippen LogP contribution in [-0.2, 0) is 16.0 Å². The van der Waals surface area contributed by atoms with Crippen LogP contribution in [0.3, 0.4) is 0 Å². The lowest BCUT2D eigenvalue weighted by molar-refractivity contribution is -0.139. The fraction of sp³-hybridized carbons (Fsp3) is 0.458. The highest BCUT2D eigenvalue weighted by Crippen LogP contribution is 2.33. The molecule has 0 aliphatic carbocycles. The number of para-hydroxylation sites is 1. The fourth-order valence-corrected chi connectivity index (χ4v) is 5.75. The van der Waals surface area contributed by atoms with Crippen molar-refractivity contribution in [1.29, 1.82) is 0 Å². The van der Waals surface area contributed by atoms with Gasteiger partial charge < -0.3 is 14.7 Å². The number of halogens is 4. The summed E-state index contributed by atoms with van der Waals surface area (Å²) in [5.74, 6) is -1.52. The maximum Gasteiger partial charge on any atom is 0.419 e. The second-order valence-electron chi connectivity index (χ2n) is 9.00. The summed E-state index contributed by atoms with van der Waals surface area (Å²) in [7, 11) is -3.20. The molecule has 0 radical (unpaired) electrons. The van der Waals surface area contributed by atoms with Crippen LogP contribution in [0.25, 0.3) is 0 Å². The zero-order chi connectivity index (χ0) is 25.4. The number of rotatable bonds is 4. The highest BCUT2D eigenvalue weighted by Gasteiger charge is 2.35. The van der Waals surface area contributed by atoms with Crippen LogP contribution in [-0.4, -0.2) is 70.0 Å². The van der Waals surface area contributed by atoms with Gasteiger partial charge in [0.25, 0.3) is 5.91 Å². The smallest absolute Gasteiger partial charge is 0.370 e. The second-order valence-corrected chi connectivity index (χ2v) is 11.3. The molecule has 6 nitrogen and oxygen atoms in total. The van der Waals surface area contributed by atoms with E-state index in [0.717, 1.165) is 12.1 Å². The summed E-state index contributed by atoms with van der Waals surface area (Å²) >= 11 is 0. The van der Waals surface area contributed by atoms with Crippen molar-refractivity contribution in [2.24, 2.45) is 0 Å². The standard InChI is InChI=1S/C24H27F4N3O3S/c1-35(33,34)18-5-4-10-31(16-18)22-7-3-2-6-19(22)23(32)30-13-11-29(12-14-30)17-8-9-20(21(25)15-17)24(26,27)28/h2-3,6-9,15,18H,4-5,10-14,16H2,1H3. The lowest BCUT2D eigenvalue weighted by Gasteiger charge is -2.38. The van der Waals surface area contributed by atoms with Gasteiger partial charge in [0, 0.05) is 56.9 Å². The van der Waals surface area contributed by atoms with Crippen LogP contribution in [0.1, 0.15) is 28.8 Å². The molecular weight excluding hydrogens is 486 g/mol. The molecule has 1 unspecified atom stereocenters. The zero-order valence-electron chi connectivity index (χ0n) is 19.3. The summed E-state index contributed by atoms with van der Waals surface area (Å²) in [6.45, 7) is 2.32. The van der Waals surface area contributed by atoms with Gasteiger partial charge in [-0.3, -0.25) is 4.79 Å². The summed E-state index contributed by atoms with van der Waals surface area (Å²) in [5.41, 5.74) is 0.208. The number of piperazine rings is 1. The topological polar surface area (TPSA) is 60.9 Å². The van der Waals surface area contributed by atoms with E-state index in [9.17, 15) is 30.8 Å². The van der Waals surface area contributed by atoms with Crippen LogP contribution in [0.15, 0.2) is 42.5 Å². The van der Waals surface area contributed by atoms with Crippen molar-refractivity contribution >= 4 is 27.1 Å². The van der Waals surface area contributed by atoms with Crippen molar-refractivity contribution in [2.75, 3.05) is 55.3 Å². The van der Waals surface area contributed by atoms with Crippen molar-refractivity contribution in [3.63, 3.8) is 0 Å². The highest BCUT2D eigenvalue weighted by molar-refractivity contribution is 7.91. The van der Waals surface area contributed by atoms with Gasteiger partial charge in [-0.2, -0.15) is 13.2 Å². The van der Waals surface area contributed by atoms with E-state index < -0.39 is 32.6 Å². The van der Waals surface area contributed by atoms with Crippen molar-refractivity contribution in [3.05, 3.63) is 59.4 Å². The minimum absolute atomic E-state index is 0.194. The predicted molar refractivity (Wildman–Crippen MR) is 126 cm³/mol. The van der Waals surface area contributed by atoms with Gasteiger partial charge in [-0.15, -0.1) is 0 Å². The average molecular weight is 514 g/mol. The molecule has 4 rings (SSSR count). The maximum atomic E-state index is 14.0. The Hall–Kier alpha value is -2.82. The molecule has 2 aromatic rings. The number of hydrogen-bond acceptors (Lipinski definition) is 5. The van der Waals surface area contributed by atoms with Gasteiger partial charge in [0.05, 0.1) is 16.4 Å². The first kappa shape index (κ1) is 25.3. The number of carbonyl (C=O) groups is 1. The molecule has 190 valence electrons. The lowest BCUT2D eigenvalue weighted by atomic mass is 10.1. The first-order valence-corrected chi connectivity index (χ1v) is 13.3. The van der Waals surface area contributed by atoms with Gasteiger partial charge in [0.15, 0.2) is 9.84 Å². The molecule has 0 saturated carbocycles. The normalized spacial score (nSPS) is 19.7. The minimum atomic E-state index is -4.75. The number of carbonyl (C=O) groups excluding carboxylic acids is 1. The van der Waals surface area contributed by atoms with Crippen molar-refractivity contribution < 1.29 is 30.8 Å². The lowest BCUT2D eigenvalue weighted by Crippen LogP contribution is -2.49. The van der Waals surface area contributed by atoms with Gasteiger partial charge in [0.1, 0.15) is 5.82 Å². The van der Waals surface area contributed by atoms with Crippen molar-refractivity contribution in [3.8, 4) is 0 Å². The Labute approximate surface area is 202 Å². The average Bonchev–Trinajstić information content (AvgIpc) is 2.82. The molecule has 0 spiro atoms. The van der Waals surface area contributed by atoms with Crippen LogP contribution in [0.2, 0.25) is 0 Å². The van der Waals surface area contributed by atoms with E-state index in [1.165, 1.54) is 12.3 Å². The third-order valence-electron chi connectivity index (χ3n) is 6.65. The Kier molecular flexibility index (Phi) is 6.99. The van der Waals surface area contributed by atoms with Crippen molar-refractivity contribution in [2.45, 2.75) is 24.3 Å². The van der Waals surface area contributed by atoms with E-state index in [0.29, 0.717) is 69.0 Å². The largest absolute Gasteiger partial charge is 0.419 e. The molecule has 2 fully saturated rings. The van der Waals surface area contributed by atoms with E-state index in [1.54, 1.807) is 21.9 Å². The predicted octanol–water partition coefficient (Wildman–Crippen LogP) is 3.82. The Morgan fingerprint density at radius 3 is 2.29 bits per heavy atom. The van der Waals surface area contributed by atoms with Crippen LogP contribution in [0.4, 0.5) is 28.9 Å². The summed E-state index contributed by atoms with van der Waals surface area (Å²) in [6.07, 6.45) is -2.21. The highest BCUT2D eigenvalue weighted by atomic mass is 32.2. The third kappa shape index (κ3) is 5.55. The second kappa shape index (κ2) is 9.67. The maximum absolute atomic E-state index is 14.0. The number of benzene rings is 2. The third-order valence-corrected chi connectivity index (χ3v) is 8.24. The number of sulfone groups is 1. The summed E-state index contributed by atoms with van der Waals surface area (Å²) < 4.78 is 76.7. The number of piperidine rings is 1. The molecule has 2 aliphatic heterocycles. The van der Waals surface area contributed by atoms with E-state index >= 15 is 0 Å². The van der Waals surface area contributed by atoms with Gasteiger partial charge in [-0.1, -0.05) is 12.1 Å². The Morgan fingerprint density at radius 1 is 0.971 bits per heavy atom. The molecule has 2 heterocycles.